The van der Waals surface area contributed by atoms with Crippen molar-refractivity contribution in [1.82, 2.24) is 14.3 Å². The van der Waals surface area contributed by atoms with Gasteiger partial charge in [-0.3, -0.25) is 9.36 Å². The van der Waals surface area contributed by atoms with Crippen LogP contribution in [0.25, 0.3) is 27.8 Å². The van der Waals surface area contributed by atoms with Crippen molar-refractivity contribution >= 4 is 38.6 Å². The van der Waals surface area contributed by atoms with Crippen molar-refractivity contribution in [1.29, 1.82) is 0 Å². The normalized spacial score (nSPS) is 11.7. The third-order valence-electron chi connectivity index (χ3n) is 4.58. The lowest BCUT2D eigenvalue weighted by atomic mass is 10.1. The Hall–Kier alpha value is -3.37. The largest absolute Gasteiger partial charge is 0.299 e. The average molecular weight is 480 g/mol. The molecule has 0 bridgehead atoms. The fraction of sp³-hybridized carbons (Fsp3) is 0.0476. The van der Waals surface area contributed by atoms with Gasteiger partial charge in [0.05, 0.1) is 28.7 Å². The number of carbonyl (C=O) groups excluding carboxylic acids is 1. The lowest BCUT2D eigenvalue weighted by Crippen LogP contribution is -2.30. The maximum Gasteiger partial charge on any atom is 0.267 e. The van der Waals surface area contributed by atoms with Gasteiger partial charge >= 0.3 is 0 Å². The lowest BCUT2D eigenvalue weighted by molar-refractivity contribution is 0.0978. The number of benzene rings is 2. The van der Waals surface area contributed by atoms with Gasteiger partial charge < -0.3 is 0 Å². The number of carbonyl (C=O) groups is 1. The molecule has 0 saturated carbocycles. The van der Waals surface area contributed by atoms with Crippen LogP contribution in [0.2, 0.25) is 5.02 Å². The van der Waals surface area contributed by atoms with E-state index in [1.54, 1.807) is 4.72 Å². The van der Waals surface area contributed by atoms with Crippen LogP contribution in [0.15, 0.2) is 54.9 Å². The summed E-state index contributed by atoms with van der Waals surface area (Å²) in [5.74, 6) is -3.26. The summed E-state index contributed by atoms with van der Waals surface area (Å²) in [5, 5.41) is 0.283. The van der Waals surface area contributed by atoms with Gasteiger partial charge in [0.1, 0.15) is 23.1 Å². The Balaban J connectivity index is 1.90. The number of nitrogens with zero attached hydrogens (tertiary/aromatic N) is 2. The van der Waals surface area contributed by atoms with Crippen molar-refractivity contribution < 1.29 is 26.4 Å². The van der Waals surface area contributed by atoms with Gasteiger partial charge in [-0.2, -0.15) is 0 Å². The number of halogens is 4. The summed E-state index contributed by atoms with van der Waals surface area (Å²) in [6, 6.07) is 8.65. The molecule has 0 aliphatic carbocycles. The van der Waals surface area contributed by atoms with E-state index in [1.807, 2.05) is 0 Å². The molecule has 11 heteroatoms. The molecule has 0 saturated heterocycles. The highest BCUT2D eigenvalue weighted by Crippen LogP contribution is 2.35. The number of fused-ring (bicyclic) bond motifs is 1. The van der Waals surface area contributed by atoms with E-state index in [1.165, 1.54) is 41.1 Å². The fourth-order valence-corrected chi connectivity index (χ4v) is 3.94. The Kier molecular flexibility index (Phi) is 5.43. The summed E-state index contributed by atoms with van der Waals surface area (Å²) in [7, 11) is -3.91. The zero-order valence-electron chi connectivity index (χ0n) is 16.2. The number of sulfonamides is 1. The minimum Gasteiger partial charge on any atom is -0.299 e. The van der Waals surface area contributed by atoms with Gasteiger partial charge in [0.2, 0.25) is 10.0 Å². The summed E-state index contributed by atoms with van der Waals surface area (Å²) < 4.78 is 67.6. The molecule has 0 aliphatic rings. The fourth-order valence-electron chi connectivity index (χ4n) is 3.24. The SMILES string of the molecule is CS(=O)(=O)NC(=O)c1cc(Cl)c(-n2cc(-c3ccc(F)cc3)c3cc(F)cnc32)cc1F. The second-order valence-electron chi connectivity index (χ2n) is 6.93. The van der Waals surface area contributed by atoms with Gasteiger partial charge in [0, 0.05) is 23.2 Å². The van der Waals surface area contributed by atoms with Crippen LogP contribution in [0.4, 0.5) is 13.2 Å². The van der Waals surface area contributed by atoms with Gasteiger partial charge in [-0.15, -0.1) is 0 Å². The van der Waals surface area contributed by atoms with Crippen LogP contribution in [-0.2, 0) is 10.0 Å². The van der Waals surface area contributed by atoms with E-state index in [0.29, 0.717) is 16.5 Å². The molecular formula is C21H13ClF3N3O3S. The Morgan fingerprint density at radius 1 is 1.06 bits per heavy atom. The zero-order valence-corrected chi connectivity index (χ0v) is 17.8. The number of amides is 1. The smallest absolute Gasteiger partial charge is 0.267 e. The predicted molar refractivity (Wildman–Crippen MR) is 114 cm³/mol. The minimum atomic E-state index is -3.91. The molecule has 0 atom stereocenters. The van der Waals surface area contributed by atoms with Crippen molar-refractivity contribution in [2.24, 2.45) is 0 Å². The Bertz CT molecular complexity index is 1490. The molecule has 4 rings (SSSR count). The molecule has 1 amide bonds. The van der Waals surface area contributed by atoms with Crippen molar-refractivity contribution in [2.45, 2.75) is 0 Å². The number of hydrogen-bond acceptors (Lipinski definition) is 4. The first-order valence-corrected chi connectivity index (χ1v) is 11.2. The molecule has 6 nitrogen and oxygen atoms in total. The van der Waals surface area contributed by atoms with E-state index in [-0.39, 0.29) is 16.4 Å². The monoisotopic (exact) mass is 479 g/mol. The van der Waals surface area contributed by atoms with E-state index in [0.717, 1.165) is 24.6 Å². The summed E-state index contributed by atoms with van der Waals surface area (Å²) in [4.78, 5) is 16.1. The minimum absolute atomic E-state index is 0.0811. The average Bonchev–Trinajstić information content (AvgIpc) is 3.07. The Labute approximate surface area is 185 Å². The van der Waals surface area contributed by atoms with Crippen LogP contribution in [0.5, 0.6) is 0 Å². The molecule has 2 heterocycles. The molecule has 0 radical (unpaired) electrons. The second kappa shape index (κ2) is 7.95. The van der Waals surface area contributed by atoms with Crippen molar-refractivity contribution in [3.63, 3.8) is 0 Å². The summed E-state index contributed by atoms with van der Waals surface area (Å²) in [5.41, 5.74) is 0.793. The molecule has 2 aromatic carbocycles. The van der Waals surface area contributed by atoms with Crippen LogP contribution in [0.1, 0.15) is 10.4 Å². The summed E-state index contributed by atoms with van der Waals surface area (Å²) in [6.45, 7) is 0. The van der Waals surface area contributed by atoms with Gasteiger partial charge in [-0.25, -0.2) is 31.3 Å². The standard InChI is InChI=1S/C21H13ClF3N3O3S/c1-32(30,31)27-21(29)15-7-17(22)19(8-18(15)25)28-10-16(11-2-4-12(23)5-3-11)14-6-13(24)9-26-20(14)28/h2-10H,1H3,(H,27,29). The van der Waals surface area contributed by atoms with Crippen LogP contribution in [-0.4, -0.2) is 30.1 Å². The molecule has 2 aromatic heterocycles. The van der Waals surface area contributed by atoms with Gasteiger partial charge in [-0.1, -0.05) is 23.7 Å². The molecule has 32 heavy (non-hydrogen) atoms. The molecule has 0 spiro atoms. The first-order chi connectivity index (χ1) is 15.0. The highest BCUT2D eigenvalue weighted by Gasteiger charge is 2.21. The predicted octanol–water partition coefficient (Wildman–Crippen LogP) is 4.45. The lowest BCUT2D eigenvalue weighted by Gasteiger charge is -2.11. The molecule has 4 aromatic rings. The topological polar surface area (TPSA) is 81.1 Å². The van der Waals surface area contributed by atoms with Crippen molar-refractivity contribution in [3.8, 4) is 16.8 Å². The van der Waals surface area contributed by atoms with E-state index in [4.69, 9.17) is 11.6 Å². The van der Waals surface area contributed by atoms with Crippen LogP contribution in [0, 0.1) is 17.5 Å². The van der Waals surface area contributed by atoms with Crippen LogP contribution < -0.4 is 4.72 Å². The van der Waals surface area contributed by atoms with Crippen LogP contribution >= 0.6 is 11.6 Å². The molecule has 1 N–H and O–H groups in total. The molecule has 164 valence electrons. The molecule has 0 unspecified atom stereocenters. The van der Waals surface area contributed by atoms with Gasteiger partial charge in [0.15, 0.2) is 0 Å². The molecule has 0 aliphatic heterocycles. The van der Waals surface area contributed by atoms with Crippen LogP contribution in [0.3, 0.4) is 0 Å². The van der Waals surface area contributed by atoms with Gasteiger partial charge in [0.25, 0.3) is 5.91 Å². The summed E-state index contributed by atoms with van der Waals surface area (Å²) in [6.07, 6.45) is 3.26. The molecular weight excluding hydrogens is 467 g/mol. The Morgan fingerprint density at radius 3 is 2.41 bits per heavy atom. The summed E-state index contributed by atoms with van der Waals surface area (Å²) >= 11 is 6.29. The first-order valence-electron chi connectivity index (χ1n) is 8.97. The quantitative estimate of drug-likeness (QED) is 0.469. The maximum atomic E-state index is 14.7. The maximum absolute atomic E-state index is 14.7. The number of hydrogen-bond donors (Lipinski definition) is 1. The zero-order chi connectivity index (χ0) is 23.2. The number of pyridine rings is 1. The highest BCUT2D eigenvalue weighted by molar-refractivity contribution is 7.89. The molecule has 0 fully saturated rings. The highest BCUT2D eigenvalue weighted by atomic mass is 35.5. The van der Waals surface area contributed by atoms with Crippen molar-refractivity contribution in [2.75, 3.05) is 6.26 Å². The van der Waals surface area contributed by atoms with E-state index in [2.05, 4.69) is 4.98 Å². The Morgan fingerprint density at radius 2 is 1.75 bits per heavy atom. The second-order valence-corrected chi connectivity index (χ2v) is 9.09. The van der Waals surface area contributed by atoms with E-state index in [9.17, 15) is 26.4 Å². The number of aromatic nitrogens is 2. The number of rotatable bonds is 4. The van der Waals surface area contributed by atoms with Gasteiger partial charge in [-0.05, 0) is 29.8 Å². The van der Waals surface area contributed by atoms with Crippen molar-refractivity contribution in [3.05, 3.63) is 82.9 Å². The van der Waals surface area contributed by atoms with E-state index < -0.39 is 38.9 Å². The number of nitrogens with one attached hydrogen (secondary N) is 1. The third kappa shape index (κ3) is 4.19. The third-order valence-corrected chi connectivity index (χ3v) is 5.44. The van der Waals surface area contributed by atoms with E-state index >= 15 is 0 Å². The first kappa shape index (κ1) is 21.8.